The highest BCUT2D eigenvalue weighted by molar-refractivity contribution is 5.17. The molecule has 0 saturated heterocycles. The predicted molar refractivity (Wildman–Crippen MR) is 63.7 cm³/mol. The van der Waals surface area contributed by atoms with Crippen molar-refractivity contribution in [3.8, 4) is 0 Å². The zero-order chi connectivity index (χ0) is 12.1. The highest BCUT2D eigenvalue weighted by Crippen LogP contribution is 2.05. The Morgan fingerprint density at radius 2 is 2.00 bits per heavy atom. The van der Waals surface area contributed by atoms with E-state index in [9.17, 15) is 4.39 Å². The van der Waals surface area contributed by atoms with Crippen LogP contribution >= 0.6 is 0 Å². The summed E-state index contributed by atoms with van der Waals surface area (Å²) < 4.78 is 13.3. The molecule has 2 aromatic rings. The smallest absolute Gasteiger partial charge is 0.127 e. The molecular formula is C13H14FN3. The average Bonchev–Trinajstić information content (AvgIpc) is 2.32. The van der Waals surface area contributed by atoms with E-state index in [0.717, 1.165) is 11.5 Å². The first kappa shape index (κ1) is 11.7. The number of nitrogens with zero attached hydrogens (tertiary/aromatic N) is 2. The molecule has 0 saturated carbocycles. The Hall–Kier alpha value is -1.81. The summed E-state index contributed by atoms with van der Waals surface area (Å²) in [7, 11) is 0. The molecular weight excluding hydrogens is 217 g/mol. The van der Waals surface area contributed by atoms with Crippen LogP contribution in [0, 0.1) is 12.7 Å². The lowest BCUT2D eigenvalue weighted by atomic mass is 10.2. The number of rotatable bonds is 4. The lowest BCUT2D eigenvalue weighted by molar-refractivity contribution is 0.585. The van der Waals surface area contributed by atoms with Gasteiger partial charge in [-0.05, 0) is 19.1 Å². The molecule has 4 heteroatoms. The topological polar surface area (TPSA) is 37.8 Å². The third-order valence-corrected chi connectivity index (χ3v) is 2.41. The molecule has 0 fully saturated rings. The summed E-state index contributed by atoms with van der Waals surface area (Å²) in [4.78, 5) is 8.28. The first-order valence-electron chi connectivity index (χ1n) is 5.48. The molecule has 1 N–H and O–H groups in total. The van der Waals surface area contributed by atoms with Crippen molar-refractivity contribution in [2.45, 2.75) is 20.0 Å². The number of aromatic nitrogens is 2. The lowest BCUT2D eigenvalue weighted by Gasteiger charge is -2.05. The molecule has 0 aliphatic heterocycles. The van der Waals surface area contributed by atoms with Crippen molar-refractivity contribution in [1.82, 2.24) is 15.3 Å². The van der Waals surface area contributed by atoms with Gasteiger partial charge in [-0.2, -0.15) is 0 Å². The number of hydrogen-bond donors (Lipinski definition) is 1. The molecule has 17 heavy (non-hydrogen) atoms. The summed E-state index contributed by atoms with van der Waals surface area (Å²) in [6, 6.07) is 8.60. The van der Waals surface area contributed by atoms with Gasteiger partial charge in [-0.3, -0.25) is 0 Å². The van der Waals surface area contributed by atoms with Crippen LogP contribution in [-0.4, -0.2) is 9.97 Å². The number of halogens is 1. The Bertz CT molecular complexity index is 500. The van der Waals surface area contributed by atoms with Crippen molar-refractivity contribution < 1.29 is 4.39 Å². The Morgan fingerprint density at radius 1 is 1.18 bits per heavy atom. The molecule has 3 nitrogen and oxygen atoms in total. The van der Waals surface area contributed by atoms with E-state index in [4.69, 9.17) is 0 Å². The Balaban J connectivity index is 1.90. The lowest BCUT2D eigenvalue weighted by Crippen LogP contribution is -2.15. The van der Waals surface area contributed by atoms with Crippen LogP contribution in [-0.2, 0) is 13.1 Å². The van der Waals surface area contributed by atoms with Gasteiger partial charge >= 0.3 is 0 Å². The standard InChI is InChI=1S/C13H14FN3/c1-10-16-7-6-12(17-10)9-15-8-11-4-2-3-5-13(11)14/h2-7,15H,8-9H2,1H3. The molecule has 0 unspecified atom stereocenters. The van der Waals surface area contributed by atoms with Crippen molar-refractivity contribution in [2.24, 2.45) is 0 Å². The van der Waals surface area contributed by atoms with Crippen molar-refractivity contribution in [3.05, 3.63) is 59.4 Å². The molecule has 0 amide bonds. The second-order valence-electron chi connectivity index (χ2n) is 3.79. The van der Waals surface area contributed by atoms with Crippen LogP contribution in [0.2, 0.25) is 0 Å². The molecule has 0 aliphatic carbocycles. The summed E-state index contributed by atoms with van der Waals surface area (Å²) in [5, 5.41) is 3.16. The first-order chi connectivity index (χ1) is 8.25. The maximum Gasteiger partial charge on any atom is 0.127 e. The monoisotopic (exact) mass is 231 g/mol. The minimum absolute atomic E-state index is 0.182. The van der Waals surface area contributed by atoms with Gasteiger partial charge in [0, 0.05) is 24.8 Å². The maximum atomic E-state index is 13.3. The summed E-state index contributed by atoms with van der Waals surface area (Å²) in [5.74, 6) is 0.564. The second-order valence-corrected chi connectivity index (χ2v) is 3.79. The van der Waals surface area contributed by atoms with Crippen molar-refractivity contribution in [2.75, 3.05) is 0 Å². The summed E-state index contributed by atoms with van der Waals surface area (Å²) in [5.41, 5.74) is 1.58. The molecule has 2 rings (SSSR count). The molecule has 0 atom stereocenters. The van der Waals surface area contributed by atoms with Gasteiger partial charge < -0.3 is 5.32 Å². The number of benzene rings is 1. The Morgan fingerprint density at radius 3 is 2.76 bits per heavy atom. The van der Waals surface area contributed by atoms with E-state index >= 15 is 0 Å². The van der Waals surface area contributed by atoms with E-state index in [1.54, 1.807) is 18.3 Å². The van der Waals surface area contributed by atoms with E-state index in [2.05, 4.69) is 15.3 Å². The molecule has 1 aromatic heterocycles. The number of nitrogens with one attached hydrogen (secondary N) is 1. The third kappa shape index (κ3) is 3.32. The molecule has 1 aromatic carbocycles. The van der Waals surface area contributed by atoms with E-state index < -0.39 is 0 Å². The number of aryl methyl sites for hydroxylation is 1. The highest BCUT2D eigenvalue weighted by Gasteiger charge is 2.00. The van der Waals surface area contributed by atoms with E-state index in [1.165, 1.54) is 6.07 Å². The van der Waals surface area contributed by atoms with Crippen LogP contribution in [0.25, 0.3) is 0 Å². The van der Waals surface area contributed by atoms with Gasteiger partial charge in [-0.25, -0.2) is 14.4 Å². The van der Waals surface area contributed by atoms with Crippen LogP contribution in [0.4, 0.5) is 4.39 Å². The van der Waals surface area contributed by atoms with Gasteiger partial charge in [0.15, 0.2) is 0 Å². The van der Waals surface area contributed by atoms with Crippen LogP contribution in [0.1, 0.15) is 17.1 Å². The summed E-state index contributed by atoms with van der Waals surface area (Å²) in [6.07, 6.45) is 1.72. The van der Waals surface area contributed by atoms with Gasteiger partial charge in [-0.15, -0.1) is 0 Å². The van der Waals surface area contributed by atoms with Crippen LogP contribution in [0.5, 0.6) is 0 Å². The summed E-state index contributed by atoms with van der Waals surface area (Å²) in [6.45, 7) is 2.95. The van der Waals surface area contributed by atoms with Crippen LogP contribution in [0.3, 0.4) is 0 Å². The molecule has 0 bridgehead atoms. The zero-order valence-electron chi connectivity index (χ0n) is 9.65. The fraction of sp³-hybridized carbons (Fsp3) is 0.231. The highest BCUT2D eigenvalue weighted by atomic mass is 19.1. The van der Waals surface area contributed by atoms with Gasteiger partial charge in [0.2, 0.25) is 0 Å². The average molecular weight is 231 g/mol. The Kier molecular flexibility index (Phi) is 3.77. The second kappa shape index (κ2) is 5.50. The fourth-order valence-electron chi connectivity index (χ4n) is 1.57. The zero-order valence-corrected chi connectivity index (χ0v) is 9.65. The van der Waals surface area contributed by atoms with Gasteiger partial charge in [0.25, 0.3) is 0 Å². The molecule has 1 heterocycles. The van der Waals surface area contributed by atoms with Crippen molar-refractivity contribution in [3.63, 3.8) is 0 Å². The minimum atomic E-state index is -0.182. The summed E-state index contributed by atoms with van der Waals surface area (Å²) >= 11 is 0. The van der Waals surface area contributed by atoms with Crippen LogP contribution in [0.15, 0.2) is 36.5 Å². The van der Waals surface area contributed by atoms with E-state index in [-0.39, 0.29) is 5.82 Å². The van der Waals surface area contributed by atoms with Gasteiger partial charge in [0.1, 0.15) is 11.6 Å². The van der Waals surface area contributed by atoms with E-state index in [0.29, 0.717) is 18.7 Å². The van der Waals surface area contributed by atoms with Gasteiger partial charge in [0.05, 0.1) is 5.69 Å². The number of hydrogen-bond acceptors (Lipinski definition) is 3. The molecule has 88 valence electrons. The van der Waals surface area contributed by atoms with Gasteiger partial charge in [-0.1, -0.05) is 18.2 Å². The first-order valence-corrected chi connectivity index (χ1v) is 5.48. The molecule has 0 spiro atoms. The quantitative estimate of drug-likeness (QED) is 0.876. The van der Waals surface area contributed by atoms with Crippen molar-refractivity contribution >= 4 is 0 Å². The largest absolute Gasteiger partial charge is 0.307 e. The van der Waals surface area contributed by atoms with Crippen molar-refractivity contribution in [1.29, 1.82) is 0 Å². The molecule has 0 radical (unpaired) electrons. The Labute approximate surface area is 99.7 Å². The minimum Gasteiger partial charge on any atom is -0.307 e. The fourth-order valence-corrected chi connectivity index (χ4v) is 1.57. The van der Waals surface area contributed by atoms with Crippen LogP contribution < -0.4 is 5.32 Å². The van der Waals surface area contributed by atoms with E-state index in [1.807, 2.05) is 19.1 Å². The third-order valence-electron chi connectivity index (χ3n) is 2.41. The SMILES string of the molecule is Cc1nccc(CNCc2ccccc2F)n1. The maximum absolute atomic E-state index is 13.3. The predicted octanol–water partition coefficient (Wildman–Crippen LogP) is 2.21. The normalized spacial score (nSPS) is 10.5. The molecule has 0 aliphatic rings.